The van der Waals surface area contributed by atoms with Crippen LogP contribution in [0.2, 0.25) is 0 Å². The van der Waals surface area contributed by atoms with E-state index in [9.17, 15) is 0 Å². The van der Waals surface area contributed by atoms with Gasteiger partial charge in [0.05, 0.1) is 13.4 Å². The minimum atomic E-state index is 0.0784. The summed E-state index contributed by atoms with van der Waals surface area (Å²) in [5.74, 6) is 2.87. The molecule has 0 saturated heterocycles. The van der Waals surface area contributed by atoms with Gasteiger partial charge in [0.25, 0.3) is 0 Å². The van der Waals surface area contributed by atoms with Crippen molar-refractivity contribution in [3.05, 3.63) is 100 Å². The van der Waals surface area contributed by atoms with Gasteiger partial charge in [-0.3, -0.25) is 0 Å². The maximum absolute atomic E-state index is 5.89. The van der Waals surface area contributed by atoms with Crippen molar-refractivity contribution in [3.63, 3.8) is 0 Å². The number of para-hydroxylation sites is 1. The molecule has 0 aliphatic heterocycles. The van der Waals surface area contributed by atoms with Gasteiger partial charge < -0.3 is 13.7 Å². The van der Waals surface area contributed by atoms with E-state index in [-0.39, 0.29) is 5.92 Å². The first kappa shape index (κ1) is 21.7. The Morgan fingerprint density at radius 1 is 1.00 bits per heavy atom. The molecule has 5 rings (SSSR count). The Balaban J connectivity index is 1.58. The number of ether oxygens (including phenoxy) is 1. The van der Waals surface area contributed by atoms with Crippen LogP contribution < -0.4 is 4.74 Å². The van der Waals surface area contributed by atoms with Crippen molar-refractivity contribution < 1.29 is 9.15 Å². The summed E-state index contributed by atoms with van der Waals surface area (Å²) in [6.07, 6.45) is 7.04. The van der Waals surface area contributed by atoms with E-state index in [4.69, 9.17) is 26.4 Å². The van der Waals surface area contributed by atoms with E-state index >= 15 is 0 Å². The molecule has 2 aromatic carbocycles. The normalized spacial score (nSPS) is 14.0. The fourth-order valence-corrected chi connectivity index (χ4v) is 5.28. The van der Waals surface area contributed by atoms with Crippen LogP contribution in [0.25, 0.3) is 11.4 Å². The Hall–Kier alpha value is -3.18. The summed E-state index contributed by atoms with van der Waals surface area (Å²) in [5.41, 5.74) is 4.84. The average Bonchev–Trinajstić information content (AvgIpc) is 3.41. The third-order valence-corrected chi connectivity index (χ3v) is 6.90. The van der Waals surface area contributed by atoms with E-state index in [1.165, 1.54) is 24.1 Å². The van der Waals surface area contributed by atoms with Crippen LogP contribution in [-0.4, -0.2) is 16.7 Å². The molecule has 2 heterocycles. The second kappa shape index (κ2) is 9.75. The molecule has 0 bridgehead atoms. The molecule has 0 spiro atoms. The summed E-state index contributed by atoms with van der Waals surface area (Å²) in [7, 11) is 1.73. The van der Waals surface area contributed by atoms with Crippen molar-refractivity contribution in [2.75, 3.05) is 7.11 Å². The lowest BCUT2D eigenvalue weighted by Gasteiger charge is -2.26. The van der Waals surface area contributed by atoms with Gasteiger partial charge in [-0.05, 0) is 50.3 Å². The Morgan fingerprint density at radius 2 is 1.79 bits per heavy atom. The molecule has 0 amide bonds. The Bertz CT molecular complexity index is 1280. The van der Waals surface area contributed by atoms with Crippen molar-refractivity contribution in [3.8, 4) is 17.1 Å². The summed E-state index contributed by atoms with van der Waals surface area (Å²) in [6, 6.07) is 22.6. The minimum Gasteiger partial charge on any atom is -0.496 e. The van der Waals surface area contributed by atoms with E-state index in [1.807, 2.05) is 24.3 Å². The van der Waals surface area contributed by atoms with Crippen LogP contribution in [0.3, 0.4) is 0 Å². The van der Waals surface area contributed by atoms with Crippen LogP contribution in [0.4, 0.5) is 0 Å². The van der Waals surface area contributed by atoms with Crippen molar-refractivity contribution in [1.82, 2.24) is 9.55 Å². The van der Waals surface area contributed by atoms with E-state index < -0.39 is 0 Å². The highest BCUT2D eigenvalue weighted by Crippen LogP contribution is 2.36. The van der Waals surface area contributed by atoms with Crippen LogP contribution in [0.1, 0.15) is 47.8 Å². The van der Waals surface area contributed by atoms with Crippen molar-refractivity contribution in [2.24, 2.45) is 0 Å². The van der Waals surface area contributed by atoms with Crippen LogP contribution in [-0.2, 0) is 19.4 Å². The summed E-state index contributed by atoms with van der Waals surface area (Å²) >= 11 is 5.74. The zero-order valence-corrected chi connectivity index (χ0v) is 19.7. The highest BCUT2D eigenvalue weighted by molar-refractivity contribution is 7.71. The number of furan rings is 1. The SMILES string of the molecule is COc1ccccc1C(CCn1c(-c2ccccc2)nc(=S)c2c1CCCC2)c1ccco1. The summed E-state index contributed by atoms with van der Waals surface area (Å²) in [5, 5.41) is 0. The third-order valence-electron chi connectivity index (χ3n) is 6.56. The molecule has 1 aliphatic carbocycles. The third kappa shape index (κ3) is 4.38. The maximum atomic E-state index is 5.89. The van der Waals surface area contributed by atoms with Crippen molar-refractivity contribution in [1.29, 1.82) is 0 Å². The van der Waals surface area contributed by atoms with E-state index in [1.54, 1.807) is 13.4 Å². The Labute approximate surface area is 199 Å². The van der Waals surface area contributed by atoms with Crippen molar-refractivity contribution in [2.45, 2.75) is 44.6 Å². The molecule has 2 aromatic heterocycles. The highest BCUT2D eigenvalue weighted by atomic mass is 32.1. The average molecular weight is 457 g/mol. The molecule has 5 heteroatoms. The lowest BCUT2D eigenvalue weighted by Crippen LogP contribution is -2.19. The number of fused-ring (bicyclic) bond motifs is 1. The molecule has 1 atom stereocenters. The minimum absolute atomic E-state index is 0.0784. The van der Waals surface area contributed by atoms with Gasteiger partial charge >= 0.3 is 0 Å². The standard InChI is InChI=1S/C28H28N2O2S/c1-31-25-15-8-6-12-21(25)22(26-16-9-19-32-26)17-18-30-24-14-7-5-13-23(24)28(33)29-27(30)20-10-3-2-4-11-20/h2-4,6,8-12,15-16,19,22H,5,7,13-14,17-18H2,1H3. The van der Waals surface area contributed by atoms with Crippen LogP contribution in [0.15, 0.2) is 77.4 Å². The van der Waals surface area contributed by atoms with E-state index in [0.29, 0.717) is 0 Å². The number of rotatable bonds is 7. The zero-order valence-electron chi connectivity index (χ0n) is 18.9. The molecular formula is C28H28N2O2S. The molecule has 33 heavy (non-hydrogen) atoms. The molecule has 0 fully saturated rings. The predicted molar refractivity (Wildman–Crippen MR) is 133 cm³/mol. The van der Waals surface area contributed by atoms with Crippen LogP contribution in [0, 0.1) is 4.64 Å². The molecule has 1 aliphatic rings. The monoisotopic (exact) mass is 456 g/mol. The van der Waals surface area contributed by atoms with Gasteiger partial charge in [-0.2, -0.15) is 0 Å². The lowest BCUT2D eigenvalue weighted by atomic mass is 9.91. The van der Waals surface area contributed by atoms with E-state index in [0.717, 1.165) is 58.9 Å². The molecular weight excluding hydrogens is 428 g/mol. The topological polar surface area (TPSA) is 40.2 Å². The summed E-state index contributed by atoms with van der Waals surface area (Å²) < 4.78 is 14.8. The smallest absolute Gasteiger partial charge is 0.141 e. The molecule has 0 radical (unpaired) electrons. The maximum Gasteiger partial charge on any atom is 0.141 e. The summed E-state index contributed by atoms with van der Waals surface area (Å²) in [6.45, 7) is 0.818. The molecule has 4 nitrogen and oxygen atoms in total. The van der Waals surface area contributed by atoms with E-state index in [2.05, 4.69) is 47.0 Å². The second-order valence-electron chi connectivity index (χ2n) is 8.49. The summed E-state index contributed by atoms with van der Waals surface area (Å²) in [4.78, 5) is 4.93. The fourth-order valence-electron chi connectivity index (χ4n) is 4.97. The first-order chi connectivity index (χ1) is 16.3. The van der Waals surface area contributed by atoms with Gasteiger partial charge in [0, 0.05) is 34.8 Å². The van der Waals surface area contributed by atoms with Gasteiger partial charge in [0.1, 0.15) is 22.0 Å². The number of hydrogen-bond acceptors (Lipinski definition) is 4. The fraction of sp³-hybridized carbons (Fsp3) is 0.286. The number of benzene rings is 2. The van der Waals surface area contributed by atoms with Gasteiger partial charge in [-0.15, -0.1) is 0 Å². The van der Waals surface area contributed by atoms with Crippen LogP contribution in [0.5, 0.6) is 5.75 Å². The molecule has 0 N–H and O–H groups in total. The Kier molecular flexibility index (Phi) is 6.40. The largest absolute Gasteiger partial charge is 0.496 e. The second-order valence-corrected chi connectivity index (χ2v) is 8.88. The number of methoxy groups -OCH3 is 1. The van der Waals surface area contributed by atoms with Gasteiger partial charge in [0.15, 0.2) is 0 Å². The quantitative estimate of drug-likeness (QED) is 0.281. The lowest BCUT2D eigenvalue weighted by molar-refractivity contribution is 0.396. The Morgan fingerprint density at radius 3 is 2.58 bits per heavy atom. The van der Waals surface area contributed by atoms with Crippen LogP contribution >= 0.6 is 12.2 Å². The molecule has 1 unspecified atom stereocenters. The first-order valence-electron chi connectivity index (χ1n) is 11.6. The number of nitrogens with zero attached hydrogens (tertiary/aromatic N) is 2. The van der Waals surface area contributed by atoms with Gasteiger partial charge in [-0.1, -0.05) is 60.7 Å². The number of hydrogen-bond donors (Lipinski definition) is 0. The van der Waals surface area contributed by atoms with Gasteiger partial charge in [0.2, 0.25) is 0 Å². The zero-order chi connectivity index (χ0) is 22.6. The number of aromatic nitrogens is 2. The van der Waals surface area contributed by atoms with Gasteiger partial charge in [-0.25, -0.2) is 4.98 Å². The predicted octanol–water partition coefficient (Wildman–Crippen LogP) is 6.98. The highest BCUT2D eigenvalue weighted by Gasteiger charge is 2.24. The molecule has 168 valence electrons. The molecule has 4 aromatic rings. The molecule has 0 saturated carbocycles. The first-order valence-corrected chi connectivity index (χ1v) is 12.0. The van der Waals surface area contributed by atoms with Crippen molar-refractivity contribution >= 4 is 12.2 Å².